The van der Waals surface area contributed by atoms with E-state index in [-0.39, 0.29) is 0 Å². The topological polar surface area (TPSA) is 50.9 Å². The molecule has 0 aliphatic heterocycles. The number of nitrogens with one attached hydrogen (secondary N) is 1. The maximum Gasteiger partial charge on any atom is 0.0928 e. The van der Waals surface area contributed by atoms with Crippen LogP contribution in [-0.4, -0.2) is 4.98 Å². The van der Waals surface area contributed by atoms with E-state index in [9.17, 15) is 0 Å². The summed E-state index contributed by atoms with van der Waals surface area (Å²) in [6, 6.07) is 1.83. The zero-order chi connectivity index (χ0) is 13.4. The van der Waals surface area contributed by atoms with Gasteiger partial charge in [0.1, 0.15) is 0 Å². The molecule has 2 rings (SSSR count). The van der Waals surface area contributed by atoms with Gasteiger partial charge in [0, 0.05) is 11.1 Å². The maximum absolute atomic E-state index is 6.36. The average Bonchev–Trinajstić information content (AvgIpc) is 2.35. The van der Waals surface area contributed by atoms with E-state index >= 15 is 0 Å². The Hall–Kier alpha value is -1.03. The lowest BCUT2D eigenvalue weighted by atomic mass is 10.0. The first-order valence-electron chi connectivity index (χ1n) is 5.75. The zero-order valence-electron chi connectivity index (χ0n) is 10.6. The van der Waals surface area contributed by atoms with Crippen molar-refractivity contribution < 1.29 is 0 Å². The van der Waals surface area contributed by atoms with Crippen molar-refractivity contribution in [2.45, 2.75) is 27.2 Å². The molecule has 0 spiro atoms. The van der Waals surface area contributed by atoms with E-state index in [0.29, 0.717) is 15.6 Å². The fourth-order valence-electron chi connectivity index (χ4n) is 2.16. The lowest BCUT2D eigenvalue weighted by Crippen LogP contribution is -2.11. The average molecular weight is 284 g/mol. The first-order valence-corrected chi connectivity index (χ1v) is 6.51. The van der Waals surface area contributed by atoms with Gasteiger partial charge < -0.3 is 5.43 Å². The van der Waals surface area contributed by atoms with Gasteiger partial charge in [0.2, 0.25) is 0 Å². The zero-order valence-corrected chi connectivity index (χ0v) is 12.1. The summed E-state index contributed by atoms with van der Waals surface area (Å²) < 4.78 is 0. The lowest BCUT2D eigenvalue weighted by molar-refractivity contribution is 1.03. The highest BCUT2D eigenvalue weighted by atomic mass is 35.5. The lowest BCUT2D eigenvalue weighted by Gasteiger charge is -2.16. The summed E-state index contributed by atoms with van der Waals surface area (Å²) in [6.07, 6.45) is 0.818. The summed E-state index contributed by atoms with van der Waals surface area (Å²) in [5, 5.41) is 2.03. The number of aromatic nitrogens is 1. The quantitative estimate of drug-likeness (QED) is 0.647. The van der Waals surface area contributed by atoms with E-state index in [1.165, 1.54) is 0 Å². The molecular weight excluding hydrogens is 269 g/mol. The van der Waals surface area contributed by atoms with Crippen LogP contribution < -0.4 is 11.3 Å². The number of nitrogens with zero attached hydrogens (tertiary/aromatic N) is 1. The van der Waals surface area contributed by atoms with Gasteiger partial charge in [-0.2, -0.15) is 0 Å². The summed E-state index contributed by atoms with van der Waals surface area (Å²) in [5.74, 6) is 5.63. The molecule has 0 fully saturated rings. The number of hydrogen-bond acceptors (Lipinski definition) is 3. The molecule has 0 saturated heterocycles. The largest absolute Gasteiger partial charge is 0.323 e. The van der Waals surface area contributed by atoms with Crippen LogP contribution in [0.4, 0.5) is 5.69 Å². The highest BCUT2D eigenvalue weighted by Crippen LogP contribution is 2.38. The molecule has 96 valence electrons. The Labute approximate surface area is 116 Å². The number of rotatable bonds is 2. The van der Waals surface area contributed by atoms with E-state index in [2.05, 4.69) is 10.4 Å². The number of hydrogen-bond donors (Lipinski definition) is 2. The van der Waals surface area contributed by atoms with Crippen LogP contribution in [0, 0.1) is 13.8 Å². The summed E-state index contributed by atoms with van der Waals surface area (Å²) in [5.41, 5.74) is 7.11. The third kappa shape index (κ3) is 1.92. The van der Waals surface area contributed by atoms with Crippen LogP contribution in [0.5, 0.6) is 0 Å². The fraction of sp³-hybridized carbons (Fsp3) is 0.308. The summed E-state index contributed by atoms with van der Waals surface area (Å²) in [6.45, 7) is 5.94. The van der Waals surface area contributed by atoms with Crippen molar-refractivity contribution in [1.82, 2.24) is 4.98 Å². The molecule has 3 N–H and O–H groups in total. The van der Waals surface area contributed by atoms with Crippen molar-refractivity contribution in [2.24, 2.45) is 5.84 Å². The van der Waals surface area contributed by atoms with E-state index < -0.39 is 0 Å². The van der Waals surface area contributed by atoms with Crippen LogP contribution >= 0.6 is 23.2 Å². The Morgan fingerprint density at radius 2 is 2.00 bits per heavy atom. The molecule has 2 aromatic rings. The molecule has 0 bridgehead atoms. The van der Waals surface area contributed by atoms with Crippen molar-refractivity contribution in [1.29, 1.82) is 0 Å². The molecule has 18 heavy (non-hydrogen) atoms. The molecule has 0 atom stereocenters. The molecule has 1 aromatic heterocycles. The van der Waals surface area contributed by atoms with E-state index in [4.69, 9.17) is 29.0 Å². The van der Waals surface area contributed by atoms with E-state index in [0.717, 1.165) is 34.3 Å². The molecule has 1 aromatic carbocycles. The van der Waals surface area contributed by atoms with Gasteiger partial charge in [-0.15, -0.1) is 0 Å². The Morgan fingerprint density at radius 3 is 2.56 bits per heavy atom. The van der Waals surface area contributed by atoms with Crippen molar-refractivity contribution >= 4 is 39.8 Å². The van der Waals surface area contributed by atoms with Crippen LogP contribution in [0.3, 0.4) is 0 Å². The molecule has 0 aliphatic carbocycles. The third-order valence-electron chi connectivity index (χ3n) is 3.16. The normalized spacial score (nSPS) is 11.0. The van der Waals surface area contributed by atoms with Gasteiger partial charge in [0.15, 0.2) is 0 Å². The standard InChI is InChI=1S/C13H15Cl2N3/c1-4-9-7(3)12(18-16)10-11(15)6(2)5-8(14)13(10)17-9/h5H,4,16H2,1-3H3,(H,17,18). The van der Waals surface area contributed by atoms with Crippen molar-refractivity contribution in [2.75, 3.05) is 5.43 Å². The van der Waals surface area contributed by atoms with E-state index in [1.807, 2.05) is 26.8 Å². The van der Waals surface area contributed by atoms with Gasteiger partial charge in [-0.3, -0.25) is 10.8 Å². The van der Waals surface area contributed by atoms with Gasteiger partial charge in [0.05, 0.1) is 21.2 Å². The number of pyridine rings is 1. The van der Waals surface area contributed by atoms with Gasteiger partial charge in [-0.1, -0.05) is 30.1 Å². The molecule has 0 radical (unpaired) electrons. The minimum atomic E-state index is 0.595. The second-order valence-corrected chi connectivity index (χ2v) is 5.05. The second-order valence-electron chi connectivity index (χ2n) is 4.27. The molecule has 5 heteroatoms. The van der Waals surface area contributed by atoms with Crippen molar-refractivity contribution in [3.63, 3.8) is 0 Å². The molecule has 1 heterocycles. The molecular formula is C13H15Cl2N3. The Morgan fingerprint density at radius 1 is 1.33 bits per heavy atom. The molecule has 0 saturated carbocycles. The van der Waals surface area contributed by atoms with Crippen LogP contribution in [0.1, 0.15) is 23.7 Å². The number of aryl methyl sites for hydroxylation is 2. The number of nitrogen functional groups attached to an aromatic ring is 1. The highest BCUT2D eigenvalue weighted by Gasteiger charge is 2.16. The molecule has 0 aliphatic rings. The van der Waals surface area contributed by atoms with Crippen molar-refractivity contribution in [3.05, 3.63) is 32.9 Å². The Balaban J connectivity index is 3.02. The number of benzene rings is 1. The first-order chi connectivity index (χ1) is 8.51. The Bertz CT molecular complexity index is 624. The minimum absolute atomic E-state index is 0.595. The van der Waals surface area contributed by atoms with Crippen LogP contribution in [0.25, 0.3) is 10.9 Å². The smallest absolute Gasteiger partial charge is 0.0928 e. The summed E-state index contributed by atoms with van der Waals surface area (Å²) in [7, 11) is 0. The monoisotopic (exact) mass is 283 g/mol. The summed E-state index contributed by atoms with van der Waals surface area (Å²) in [4.78, 5) is 4.59. The first kappa shape index (κ1) is 13.4. The fourth-order valence-corrected chi connectivity index (χ4v) is 2.69. The van der Waals surface area contributed by atoms with Gasteiger partial charge in [-0.05, 0) is 37.5 Å². The van der Waals surface area contributed by atoms with Crippen molar-refractivity contribution in [3.8, 4) is 0 Å². The number of nitrogens with two attached hydrogens (primary N) is 1. The Kier molecular flexibility index (Phi) is 3.66. The minimum Gasteiger partial charge on any atom is -0.323 e. The number of hydrazine groups is 1. The predicted molar refractivity (Wildman–Crippen MR) is 78.4 cm³/mol. The molecule has 0 amide bonds. The number of halogens is 2. The molecule has 0 unspecified atom stereocenters. The number of fused-ring (bicyclic) bond motifs is 1. The summed E-state index contributed by atoms with van der Waals surface area (Å²) >= 11 is 12.6. The van der Waals surface area contributed by atoms with Gasteiger partial charge in [0.25, 0.3) is 0 Å². The highest BCUT2D eigenvalue weighted by molar-refractivity contribution is 6.41. The second kappa shape index (κ2) is 4.92. The number of anilines is 1. The van der Waals surface area contributed by atoms with Crippen LogP contribution in [0.15, 0.2) is 6.07 Å². The van der Waals surface area contributed by atoms with Crippen LogP contribution in [-0.2, 0) is 6.42 Å². The van der Waals surface area contributed by atoms with E-state index in [1.54, 1.807) is 0 Å². The van der Waals surface area contributed by atoms with Gasteiger partial charge >= 0.3 is 0 Å². The van der Waals surface area contributed by atoms with Crippen LogP contribution in [0.2, 0.25) is 10.0 Å². The third-order valence-corrected chi connectivity index (χ3v) is 3.93. The molecule has 3 nitrogen and oxygen atoms in total. The van der Waals surface area contributed by atoms with Gasteiger partial charge in [-0.25, -0.2) is 0 Å². The maximum atomic E-state index is 6.36. The SMILES string of the molecule is CCc1nc2c(Cl)cc(C)c(Cl)c2c(NN)c1C. The predicted octanol–water partition coefficient (Wildman–Crippen LogP) is 4.01.